The molecule has 0 aliphatic heterocycles. The number of carbonyl (C=O) groups is 1. The quantitative estimate of drug-likeness (QED) is 0.908. The Morgan fingerprint density at radius 3 is 2.90 bits per heavy atom. The number of para-hydroxylation sites is 1. The molecule has 0 saturated carbocycles. The molecule has 1 aromatic carbocycles. The van der Waals surface area contributed by atoms with Gasteiger partial charge < -0.3 is 9.67 Å². The number of benzene rings is 1. The Balaban J connectivity index is 2.04. The SMILES string of the molecule is Cn1cc(C2=CCC(C(=O)O)CC2)c2cccc(F)c21. The largest absolute Gasteiger partial charge is 0.481 e. The summed E-state index contributed by atoms with van der Waals surface area (Å²) in [5.41, 5.74) is 2.74. The lowest BCUT2D eigenvalue weighted by atomic mass is 9.86. The second kappa shape index (κ2) is 4.78. The molecule has 4 heteroatoms. The predicted molar refractivity (Wildman–Crippen MR) is 75.8 cm³/mol. The van der Waals surface area contributed by atoms with Crippen LogP contribution in [-0.4, -0.2) is 15.6 Å². The molecule has 1 unspecified atom stereocenters. The summed E-state index contributed by atoms with van der Waals surface area (Å²) >= 11 is 0. The summed E-state index contributed by atoms with van der Waals surface area (Å²) in [4.78, 5) is 11.0. The van der Waals surface area contributed by atoms with Crippen molar-refractivity contribution in [1.29, 1.82) is 0 Å². The van der Waals surface area contributed by atoms with E-state index in [0.717, 1.165) is 22.9 Å². The molecule has 1 aliphatic rings. The van der Waals surface area contributed by atoms with E-state index in [1.54, 1.807) is 10.6 Å². The number of allylic oxidation sites excluding steroid dienone is 2. The smallest absolute Gasteiger partial charge is 0.306 e. The highest BCUT2D eigenvalue weighted by molar-refractivity contribution is 5.93. The second-order valence-electron chi connectivity index (χ2n) is 5.33. The van der Waals surface area contributed by atoms with Gasteiger partial charge in [-0.05, 0) is 30.9 Å². The van der Waals surface area contributed by atoms with Crippen LogP contribution in [0.1, 0.15) is 24.8 Å². The van der Waals surface area contributed by atoms with Crippen molar-refractivity contribution < 1.29 is 14.3 Å². The van der Waals surface area contributed by atoms with Crippen LogP contribution in [0.15, 0.2) is 30.5 Å². The Kier molecular flexibility index (Phi) is 3.08. The summed E-state index contributed by atoms with van der Waals surface area (Å²) in [7, 11) is 1.83. The minimum Gasteiger partial charge on any atom is -0.481 e. The van der Waals surface area contributed by atoms with Gasteiger partial charge in [-0.15, -0.1) is 0 Å². The lowest BCUT2D eigenvalue weighted by Crippen LogP contribution is -2.15. The average Bonchev–Trinajstić information content (AvgIpc) is 2.77. The first-order chi connectivity index (χ1) is 9.58. The Bertz CT molecular complexity index is 715. The van der Waals surface area contributed by atoms with E-state index in [1.165, 1.54) is 6.07 Å². The fraction of sp³-hybridized carbons (Fsp3) is 0.312. The van der Waals surface area contributed by atoms with Gasteiger partial charge in [0.2, 0.25) is 0 Å². The fourth-order valence-electron chi connectivity index (χ4n) is 2.98. The third-order valence-electron chi connectivity index (χ3n) is 4.06. The summed E-state index contributed by atoms with van der Waals surface area (Å²) < 4.78 is 15.7. The van der Waals surface area contributed by atoms with Crippen molar-refractivity contribution in [3.8, 4) is 0 Å². The first kappa shape index (κ1) is 12.9. The van der Waals surface area contributed by atoms with E-state index >= 15 is 0 Å². The number of hydrogen-bond donors (Lipinski definition) is 1. The maximum absolute atomic E-state index is 13.9. The van der Waals surface area contributed by atoms with Gasteiger partial charge in [0, 0.05) is 24.2 Å². The summed E-state index contributed by atoms with van der Waals surface area (Å²) in [5, 5.41) is 9.92. The van der Waals surface area contributed by atoms with Gasteiger partial charge in [-0.3, -0.25) is 4.79 Å². The first-order valence-electron chi connectivity index (χ1n) is 6.73. The third kappa shape index (κ3) is 2.01. The van der Waals surface area contributed by atoms with E-state index < -0.39 is 5.97 Å². The number of carboxylic acids is 1. The van der Waals surface area contributed by atoms with Crippen molar-refractivity contribution in [3.05, 3.63) is 41.9 Å². The van der Waals surface area contributed by atoms with Crippen LogP contribution in [0.25, 0.3) is 16.5 Å². The van der Waals surface area contributed by atoms with Crippen LogP contribution >= 0.6 is 0 Å². The molecule has 1 atom stereocenters. The Morgan fingerprint density at radius 2 is 2.25 bits per heavy atom. The number of halogens is 1. The van der Waals surface area contributed by atoms with Crippen LogP contribution in [0.3, 0.4) is 0 Å². The van der Waals surface area contributed by atoms with Gasteiger partial charge in [-0.25, -0.2) is 4.39 Å². The zero-order chi connectivity index (χ0) is 14.3. The minimum atomic E-state index is -0.732. The van der Waals surface area contributed by atoms with Gasteiger partial charge in [0.1, 0.15) is 5.82 Å². The van der Waals surface area contributed by atoms with Gasteiger partial charge >= 0.3 is 5.97 Å². The highest BCUT2D eigenvalue weighted by Crippen LogP contribution is 2.35. The van der Waals surface area contributed by atoms with E-state index in [1.807, 2.05) is 25.4 Å². The number of fused-ring (bicyclic) bond motifs is 1. The third-order valence-corrected chi connectivity index (χ3v) is 4.06. The Labute approximate surface area is 116 Å². The van der Waals surface area contributed by atoms with E-state index in [4.69, 9.17) is 5.11 Å². The van der Waals surface area contributed by atoms with Crippen LogP contribution in [-0.2, 0) is 11.8 Å². The number of aryl methyl sites for hydroxylation is 1. The summed E-state index contributed by atoms with van der Waals surface area (Å²) in [5.74, 6) is -1.24. The number of nitrogens with zero attached hydrogens (tertiary/aromatic N) is 1. The molecule has 20 heavy (non-hydrogen) atoms. The number of aromatic nitrogens is 1. The fourth-order valence-corrected chi connectivity index (χ4v) is 2.98. The highest BCUT2D eigenvalue weighted by atomic mass is 19.1. The molecule has 0 amide bonds. The van der Waals surface area contributed by atoms with Crippen molar-refractivity contribution in [2.24, 2.45) is 13.0 Å². The highest BCUT2D eigenvalue weighted by Gasteiger charge is 2.23. The molecule has 3 rings (SSSR count). The van der Waals surface area contributed by atoms with Crippen molar-refractivity contribution in [2.75, 3.05) is 0 Å². The molecule has 1 heterocycles. The molecule has 0 saturated heterocycles. The topological polar surface area (TPSA) is 42.2 Å². The number of aliphatic carboxylic acids is 1. The number of hydrogen-bond acceptors (Lipinski definition) is 1. The zero-order valence-electron chi connectivity index (χ0n) is 11.3. The van der Waals surface area contributed by atoms with E-state index in [2.05, 4.69) is 0 Å². The minimum absolute atomic E-state index is 0.226. The van der Waals surface area contributed by atoms with Crippen LogP contribution < -0.4 is 0 Å². The van der Waals surface area contributed by atoms with Gasteiger partial charge in [0.05, 0.1) is 11.4 Å². The molecule has 1 N–H and O–H groups in total. The molecule has 2 aromatic rings. The average molecular weight is 273 g/mol. The van der Waals surface area contributed by atoms with E-state index in [-0.39, 0.29) is 11.7 Å². The van der Waals surface area contributed by atoms with Crippen LogP contribution in [0, 0.1) is 11.7 Å². The molecular formula is C16H16FNO2. The predicted octanol–water partition coefficient (Wildman–Crippen LogP) is 3.59. The molecule has 0 spiro atoms. The van der Waals surface area contributed by atoms with Crippen LogP contribution in [0.2, 0.25) is 0 Å². The Hall–Kier alpha value is -2.10. The van der Waals surface area contributed by atoms with Crippen molar-refractivity contribution in [1.82, 2.24) is 4.57 Å². The monoisotopic (exact) mass is 273 g/mol. The molecular weight excluding hydrogens is 257 g/mol. The Morgan fingerprint density at radius 1 is 1.45 bits per heavy atom. The second-order valence-corrected chi connectivity index (χ2v) is 5.33. The van der Waals surface area contributed by atoms with Gasteiger partial charge in [0.15, 0.2) is 0 Å². The molecule has 0 bridgehead atoms. The van der Waals surface area contributed by atoms with Crippen molar-refractivity contribution in [2.45, 2.75) is 19.3 Å². The molecule has 1 aliphatic carbocycles. The summed E-state index contributed by atoms with van der Waals surface area (Å²) in [6.45, 7) is 0. The lowest BCUT2D eigenvalue weighted by molar-refractivity contribution is -0.141. The molecule has 1 aromatic heterocycles. The normalized spacial score (nSPS) is 19.1. The lowest BCUT2D eigenvalue weighted by Gasteiger charge is -2.18. The van der Waals surface area contributed by atoms with E-state index in [0.29, 0.717) is 18.4 Å². The molecule has 104 valence electrons. The maximum atomic E-state index is 13.9. The zero-order valence-corrected chi connectivity index (χ0v) is 11.3. The summed E-state index contributed by atoms with van der Waals surface area (Å²) in [6.07, 6.45) is 5.85. The molecule has 0 fully saturated rings. The van der Waals surface area contributed by atoms with Crippen LogP contribution in [0.5, 0.6) is 0 Å². The standard InChI is InChI=1S/C16H16FNO2/c1-18-9-13(12-3-2-4-14(17)15(12)18)10-5-7-11(8-6-10)16(19)20/h2-5,9,11H,6-8H2,1H3,(H,19,20). The maximum Gasteiger partial charge on any atom is 0.306 e. The molecule has 0 radical (unpaired) electrons. The van der Waals surface area contributed by atoms with Crippen molar-refractivity contribution >= 4 is 22.4 Å². The van der Waals surface area contributed by atoms with Gasteiger partial charge in [0.25, 0.3) is 0 Å². The van der Waals surface area contributed by atoms with E-state index in [9.17, 15) is 9.18 Å². The van der Waals surface area contributed by atoms with Gasteiger partial charge in [-0.2, -0.15) is 0 Å². The first-order valence-corrected chi connectivity index (χ1v) is 6.73. The van der Waals surface area contributed by atoms with Crippen molar-refractivity contribution in [3.63, 3.8) is 0 Å². The van der Waals surface area contributed by atoms with Crippen LogP contribution in [0.4, 0.5) is 4.39 Å². The van der Waals surface area contributed by atoms with Gasteiger partial charge in [-0.1, -0.05) is 18.2 Å². The summed E-state index contributed by atoms with van der Waals surface area (Å²) in [6, 6.07) is 5.09. The number of rotatable bonds is 2. The number of carboxylic acid groups (broad SMARTS) is 1. The molecule has 3 nitrogen and oxygen atoms in total.